The van der Waals surface area contributed by atoms with Crippen LogP contribution in [0.3, 0.4) is 0 Å². The third-order valence-electron chi connectivity index (χ3n) is 4.27. The van der Waals surface area contributed by atoms with Crippen LogP contribution in [0, 0.1) is 23.7 Å². The monoisotopic (exact) mass is 340 g/mol. The van der Waals surface area contributed by atoms with Crippen LogP contribution in [0.2, 0.25) is 0 Å². The first kappa shape index (κ1) is 19.0. The fraction of sp³-hybridized carbons (Fsp3) is 0.524. The lowest BCUT2D eigenvalue weighted by molar-refractivity contribution is -0.146. The van der Waals surface area contributed by atoms with Crippen molar-refractivity contribution in [2.45, 2.75) is 70.0 Å². The van der Waals surface area contributed by atoms with Crippen LogP contribution in [0.15, 0.2) is 23.8 Å². The first-order chi connectivity index (χ1) is 12.1. The average molecular weight is 340 g/mol. The Bertz CT molecular complexity index is 693. The minimum Gasteiger partial charge on any atom is -0.444 e. The highest BCUT2D eigenvalue weighted by molar-refractivity contribution is 6.06. The van der Waals surface area contributed by atoms with Gasteiger partial charge in [-0.05, 0) is 37.3 Å². The number of aliphatic hydroxyl groups is 1. The van der Waals surface area contributed by atoms with E-state index in [0.717, 1.165) is 32.1 Å². The van der Waals surface area contributed by atoms with Gasteiger partial charge in [0.2, 0.25) is 5.78 Å². The van der Waals surface area contributed by atoms with Crippen LogP contribution >= 0.6 is 0 Å². The third kappa shape index (κ3) is 5.34. The molecule has 2 bridgehead atoms. The Morgan fingerprint density at radius 2 is 2.04 bits per heavy atom. The maximum absolute atomic E-state index is 12.6. The summed E-state index contributed by atoms with van der Waals surface area (Å²) in [6.45, 7) is 2.14. The molecule has 0 aromatic rings. The van der Waals surface area contributed by atoms with Crippen molar-refractivity contribution in [3.8, 4) is 23.7 Å². The molecule has 2 unspecified atom stereocenters. The Morgan fingerprint density at radius 3 is 2.84 bits per heavy atom. The zero-order valence-electron chi connectivity index (χ0n) is 14.6. The normalized spacial score (nSPS) is 25.6. The van der Waals surface area contributed by atoms with Gasteiger partial charge in [-0.2, -0.15) is 0 Å². The highest BCUT2D eigenvalue weighted by Crippen LogP contribution is 2.28. The number of allylic oxidation sites excluding steroid dienone is 3. The van der Waals surface area contributed by atoms with Crippen LogP contribution in [0.1, 0.15) is 58.3 Å². The average Bonchev–Trinajstić information content (AvgIpc) is 2.58. The lowest BCUT2D eigenvalue weighted by atomic mass is 9.81. The van der Waals surface area contributed by atoms with Crippen molar-refractivity contribution in [3.63, 3.8) is 0 Å². The molecule has 0 aliphatic heterocycles. The van der Waals surface area contributed by atoms with Gasteiger partial charge < -0.3 is 9.84 Å². The molecule has 2 aliphatic rings. The van der Waals surface area contributed by atoms with Crippen LogP contribution in [-0.4, -0.2) is 28.6 Å². The Morgan fingerprint density at radius 1 is 1.28 bits per heavy atom. The first-order valence-electron chi connectivity index (χ1n) is 8.92. The molecule has 0 saturated carbocycles. The van der Waals surface area contributed by atoms with Crippen molar-refractivity contribution in [2.75, 3.05) is 0 Å². The quantitative estimate of drug-likeness (QED) is 0.440. The van der Waals surface area contributed by atoms with Crippen LogP contribution in [0.25, 0.3) is 0 Å². The summed E-state index contributed by atoms with van der Waals surface area (Å²) in [5, 5.41) is 10.5. The van der Waals surface area contributed by atoms with Crippen LogP contribution in [0.5, 0.6) is 0 Å². The second-order valence-corrected chi connectivity index (χ2v) is 6.31. The number of ether oxygens (including phenoxy) is 1. The van der Waals surface area contributed by atoms with Crippen molar-refractivity contribution < 1.29 is 19.4 Å². The number of hydrogen-bond acceptors (Lipinski definition) is 4. The maximum atomic E-state index is 12.6. The molecule has 2 aliphatic carbocycles. The fourth-order valence-corrected chi connectivity index (χ4v) is 2.83. The predicted molar refractivity (Wildman–Crippen MR) is 95.2 cm³/mol. The van der Waals surface area contributed by atoms with Gasteiger partial charge in [-0.15, -0.1) is 0 Å². The Kier molecular flexibility index (Phi) is 7.04. The van der Waals surface area contributed by atoms with Crippen molar-refractivity contribution >= 4 is 11.8 Å². The van der Waals surface area contributed by atoms with E-state index in [1.807, 2.05) is 0 Å². The van der Waals surface area contributed by atoms with Crippen LogP contribution in [-0.2, 0) is 14.3 Å². The number of rotatable bonds is 7. The molecule has 0 aromatic carbocycles. The molecule has 0 heterocycles. The first-order valence-corrected chi connectivity index (χ1v) is 8.92. The molecule has 0 amide bonds. The van der Waals surface area contributed by atoms with Crippen LogP contribution in [0.4, 0.5) is 0 Å². The molecule has 0 radical (unpaired) electrons. The summed E-state index contributed by atoms with van der Waals surface area (Å²) in [4.78, 5) is 24.7. The number of hydrogen-bond donors (Lipinski definition) is 1. The molecule has 25 heavy (non-hydrogen) atoms. The molecule has 2 atom stereocenters. The van der Waals surface area contributed by atoms with Gasteiger partial charge in [-0.3, -0.25) is 9.59 Å². The van der Waals surface area contributed by atoms with Gasteiger partial charge in [0.15, 0.2) is 11.7 Å². The lowest BCUT2D eigenvalue weighted by Crippen LogP contribution is -2.43. The van der Waals surface area contributed by atoms with Crippen LogP contribution < -0.4 is 0 Å². The molecular formula is C21H24O4. The molecule has 4 nitrogen and oxygen atoms in total. The number of carbonyl (C=O) groups is 2. The number of Topliss-reactive ketones (excluding diaryl/α,β-unsaturated/α-hetero) is 1. The van der Waals surface area contributed by atoms with Crippen molar-refractivity contribution in [3.05, 3.63) is 23.8 Å². The highest BCUT2D eigenvalue weighted by Gasteiger charge is 2.41. The minimum atomic E-state index is -1.72. The van der Waals surface area contributed by atoms with Gasteiger partial charge in [0.05, 0.1) is 0 Å². The van der Waals surface area contributed by atoms with E-state index in [4.69, 9.17) is 4.74 Å². The third-order valence-corrected chi connectivity index (χ3v) is 4.27. The van der Waals surface area contributed by atoms with E-state index in [1.165, 1.54) is 12.2 Å². The summed E-state index contributed by atoms with van der Waals surface area (Å²) >= 11 is 0. The number of unbranched alkanes of at least 4 members (excludes halogenated alkanes) is 4. The van der Waals surface area contributed by atoms with Gasteiger partial charge in [0, 0.05) is 12.0 Å². The molecule has 132 valence electrons. The second kappa shape index (κ2) is 9.25. The number of ketones is 1. The maximum Gasteiger partial charge on any atom is 0.307 e. The summed E-state index contributed by atoms with van der Waals surface area (Å²) in [5.41, 5.74) is -1.50. The molecule has 0 aromatic heterocycles. The van der Waals surface area contributed by atoms with E-state index in [2.05, 4.69) is 30.6 Å². The molecule has 1 N–H and O–H groups in total. The number of esters is 1. The second-order valence-electron chi connectivity index (χ2n) is 6.31. The summed E-state index contributed by atoms with van der Waals surface area (Å²) in [6, 6.07) is 0. The number of fused-ring (bicyclic) bond motifs is 2. The molecule has 0 spiro atoms. The van der Waals surface area contributed by atoms with Crippen molar-refractivity contribution in [2.24, 2.45) is 0 Å². The van der Waals surface area contributed by atoms with Gasteiger partial charge in [0.25, 0.3) is 0 Å². The van der Waals surface area contributed by atoms with Crippen molar-refractivity contribution in [1.29, 1.82) is 0 Å². The SMILES string of the molecule is CCCCCCCC(=O)OC1C#C/C=C\C#CC2(O)CCC=C1C2=O. The summed E-state index contributed by atoms with van der Waals surface area (Å²) in [6.07, 6.45) is 9.95. The summed E-state index contributed by atoms with van der Waals surface area (Å²) < 4.78 is 5.44. The van der Waals surface area contributed by atoms with Gasteiger partial charge in [-0.25, -0.2) is 0 Å². The smallest absolute Gasteiger partial charge is 0.307 e. The fourth-order valence-electron chi connectivity index (χ4n) is 2.83. The van der Waals surface area contributed by atoms with E-state index < -0.39 is 17.5 Å². The molecule has 0 fully saturated rings. The Hall–Kier alpha value is -2.30. The molecule has 0 saturated heterocycles. The molecule has 2 rings (SSSR count). The zero-order valence-corrected chi connectivity index (χ0v) is 14.6. The molecular weight excluding hydrogens is 316 g/mol. The topological polar surface area (TPSA) is 63.6 Å². The van der Waals surface area contributed by atoms with Crippen molar-refractivity contribution in [1.82, 2.24) is 0 Å². The summed E-state index contributed by atoms with van der Waals surface area (Å²) in [5.74, 6) is 9.88. The van der Waals surface area contributed by atoms with E-state index in [9.17, 15) is 14.7 Å². The standard InChI is InChI=1S/C21H24O4/c1-2-3-4-5-9-14-19(22)25-18-13-8-6-7-10-15-21(24)16-11-12-17(18)20(21)23/h6-7,12,18,24H,2-5,9,11,14,16H2,1H3/b7-6-. The summed E-state index contributed by atoms with van der Waals surface area (Å²) in [7, 11) is 0. The highest BCUT2D eigenvalue weighted by atomic mass is 16.5. The Balaban J connectivity index is 2.05. The Labute approximate surface area is 149 Å². The van der Waals surface area contributed by atoms with E-state index in [-0.39, 0.29) is 18.0 Å². The molecule has 4 heteroatoms. The van der Waals surface area contributed by atoms with E-state index >= 15 is 0 Å². The number of carbonyl (C=O) groups excluding carboxylic acids is 2. The van der Waals surface area contributed by atoms with E-state index in [0.29, 0.717) is 12.8 Å². The van der Waals surface area contributed by atoms with Gasteiger partial charge in [0.1, 0.15) is 0 Å². The van der Waals surface area contributed by atoms with Gasteiger partial charge >= 0.3 is 5.97 Å². The lowest BCUT2D eigenvalue weighted by Gasteiger charge is -2.28. The van der Waals surface area contributed by atoms with Gasteiger partial charge in [-0.1, -0.05) is 56.4 Å². The van der Waals surface area contributed by atoms with E-state index in [1.54, 1.807) is 6.08 Å². The zero-order chi connectivity index (χ0) is 18.1. The largest absolute Gasteiger partial charge is 0.444 e. The predicted octanol–water partition coefficient (Wildman–Crippen LogP) is 2.86. The minimum absolute atomic E-state index is 0.227.